The first-order valence-corrected chi connectivity index (χ1v) is 9.04. The maximum absolute atomic E-state index is 5.76. The Balaban J connectivity index is 1.61. The van der Waals surface area contributed by atoms with E-state index in [0.717, 1.165) is 33.3 Å². The second-order valence-corrected chi connectivity index (χ2v) is 6.03. The molecular weight excluding hydrogens is 350 g/mol. The number of aromatic nitrogens is 3. The molecule has 1 heterocycles. The van der Waals surface area contributed by atoms with Gasteiger partial charge < -0.3 is 4.74 Å². The third-order valence-corrected chi connectivity index (χ3v) is 4.22. The molecular formula is C22H19N5O. The highest BCUT2D eigenvalue weighted by Gasteiger charge is 2.07. The van der Waals surface area contributed by atoms with Crippen LogP contribution in [0.4, 0.5) is 5.95 Å². The Bertz CT molecular complexity index is 1110. The van der Waals surface area contributed by atoms with Crippen molar-refractivity contribution in [2.45, 2.75) is 6.92 Å². The summed E-state index contributed by atoms with van der Waals surface area (Å²) in [5.41, 5.74) is 5.47. The third-order valence-electron chi connectivity index (χ3n) is 4.22. The molecule has 0 unspecified atom stereocenters. The van der Waals surface area contributed by atoms with Crippen LogP contribution >= 0.6 is 0 Å². The van der Waals surface area contributed by atoms with Gasteiger partial charge in [0.25, 0.3) is 5.95 Å². The SMILES string of the molecule is CCOc1ccc2ccccc2c1/C=N\Nc1nncc(-c2ccccc2)n1. The first kappa shape index (κ1) is 17.6. The highest BCUT2D eigenvalue weighted by atomic mass is 16.5. The van der Waals surface area contributed by atoms with Gasteiger partial charge in [-0.1, -0.05) is 60.7 Å². The number of nitrogens with one attached hydrogen (secondary N) is 1. The molecule has 0 fully saturated rings. The summed E-state index contributed by atoms with van der Waals surface area (Å²) in [4.78, 5) is 4.47. The van der Waals surface area contributed by atoms with Gasteiger partial charge in [-0.2, -0.15) is 10.2 Å². The summed E-state index contributed by atoms with van der Waals surface area (Å²) in [5, 5.41) is 14.5. The van der Waals surface area contributed by atoms with Crippen molar-refractivity contribution in [3.05, 3.63) is 78.5 Å². The smallest absolute Gasteiger partial charge is 0.263 e. The highest BCUT2D eigenvalue weighted by molar-refractivity contribution is 6.02. The summed E-state index contributed by atoms with van der Waals surface area (Å²) in [6.07, 6.45) is 3.36. The van der Waals surface area contributed by atoms with E-state index in [1.165, 1.54) is 0 Å². The molecule has 1 N–H and O–H groups in total. The van der Waals surface area contributed by atoms with Crippen LogP contribution in [0, 0.1) is 0 Å². The number of nitrogens with zero attached hydrogens (tertiary/aromatic N) is 4. The number of benzene rings is 3. The van der Waals surface area contributed by atoms with Crippen molar-refractivity contribution in [3.8, 4) is 17.0 Å². The Labute approximate surface area is 162 Å². The summed E-state index contributed by atoms with van der Waals surface area (Å²) in [5.74, 6) is 1.11. The van der Waals surface area contributed by atoms with Gasteiger partial charge in [0, 0.05) is 11.1 Å². The van der Waals surface area contributed by atoms with E-state index in [9.17, 15) is 0 Å². The van der Waals surface area contributed by atoms with Crippen LogP contribution < -0.4 is 10.2 Å². The minimum atomic E-state index is 0.329. The van der Waals surface area contributed by atoms with Crippen molar-refractivity contribution in [1.29, 1.82) is 0 Å². The summed E-state index contributed by atoms with van der Waals surface area (Å²) in [6.45, 7) is 2.54. The minimum absolute atomic E-state index is 0.329. The van der Waals surface area contributed by atoms with Crippen molar-refractivity contribution < 1.29 is 4.74 Å². The van der Waals surface area contributed by atoms with Gasteiger partial charge >= 0.3 is 0 Å². The normalized spacial score (nSPS) is 11.0. The average Bonchev–Trinajstić information content (AvgIpc) is 2.76. The molecule has 0 spiro atoms. The average molecular weight is 369 g/mol. The zero-order chi connectivity index (χ0) is 19.2. The number of hydrogen-bond acceptors (Lipinski definition) is 6. The molecule has 4 rings (SSSR count). The first-order valence-electron chi connectivity index (χ1n) is 9.04. The topological polar surface area (TPSA) is 72.3 Å². The molecule has 0 radical (unpaired) electrons. The minimum Gasteiger partial charge on any atom is -0.493 e. The molecule has 6 nitrogen and oxygen atoms in total. The largest absolute Gasteiger partial charge is 0.493 e. The third kappa shape index (κ3) is 3.81. The van der Waals surface area contributed by atoms with E-state index >= 15 is 0 Å². The number of hydrazone groups is 1. The number of hydrogen-bond donors (Lipinski definition) is 1. The molecule has 28 heavy (non-hydrogen) atoms. The van der Waals surface area contributed by atoms with E-state index < -0.39 is 0 Å². The zero-order valence-electron chi connectivity index (χ0n) is 15.4. The van der Waals surface area contributed by atoms with Gasteiger partial charge in [-0.15, -0.1) is 5.10 Å². The van der Waals surface area contributed by atoms with Crippen LogP contribution in [0.5, 0.6) is 5.75 Å². The van der Waals surface area contributed by atoms with Crippen LogP contribution in [0.25, 0.3) is 22.0 Å². The maximum Gasteiger partial charge on any atom is 0.263 e. The molecule has 0 aliphatic heterocycles. The molecule has 0 aliphatic rings. The number of anilines is 1. The second-order valence-electron chi connectivity index (χ2n) is 6.03. The van der Waals surface area contributed by atoms with E-state index in [4.69, 9.17) is 4.74 Å². The molecule has 3 aromatic carbocycles. The molecule has 1 aromatic heterocycles. The maximum atomic E-state index is 5.76. The molecule has 4 aromatic rings. The predicted octanol–water partition coefficient (Wildman–Crippen LogP) is 4.54. The summed E-state index contributed by atoms with van der Waals surface area (Å²) >= 11 is 0. The number of rotatable bonds is 6. The van der Waals surface area contributed by atoms with Gasteiger partial charge in [0.15, 0.2) is 0 Å². The van der Waals surface area contributed by atoms with Crippen LogP contribution in [0.2, 0.25) is 0 Å². The van der Waals surface area contributed by atoms with Crippen LogP contribution in [0.1, 0.15) is 12.5 Å². The molecule has 0 atom stereocenters. The van der Waals surface area contributed by atoms with Crippen molar-refractivity contribution in [2.24, 2.45) is 5.10 Å². The fraction of sp³-hybridized carbons (Fsp3) is 0.0909. The van der Waals surface area contributed by atoms with E-state index in [1.54, 1.807) is 12.4 Å². The fourth-order valence-corrected chi connectivity index (χ4v) is 2.94. The Morgan fingerprint density at radius 2 is 1.82 bits per heavy atom. The van der Waals surface area contributed by atoms with Gasteiger partial charge in [-0.3, -0.25) is 0 Å². The summed E-state index contributed by atoms with van der Waals surface area (Å²) < 4.78 is 5.76. The second kappa shape index (κ2) is 8.26. The highest BCUT2D eigenvalue weighted by Crippen LogP contribution is 2.26. The molecule has 0 saturated heterocycles. The Morgan fingerprint density at radius 3 is 2.68 bits per heavy atom. The number of fused-ring (bicyclic) bond motifs is 1. The van der Waals surface area contributed by atoms with Gasteiger partial charge in [-0.25, -0.2) is 10.4 Å². The van der Waals surface area contributed by atoms with E-state index in [2.05, 4.69) is 31.8 Å². The van der Waals surface area contributed by atoms with Gasteiger partial charge in [0.2, 0.25) is 0 Å². The standard InChI is InChI=1S/C22H19N5O/c1-2-28-21-13-12-16-8-6-7-11-18(16)19(21)14-23-26-22-25-20(15-24-27-22)17-9-4-3-5-10-17/h3-15H,2H2,1H3,(H,25,26,27)/b23-14-. The van der Waals surface area contributed by atoms with Crippen molar-refractivity contribution in [2.75, 3.05) is 12.0 Å². The zero-order valence-corrected chi connectivity index (χ0v) is 15.4. The molecule has 6 heteroatoms. The monoisotopic (exact) mass is 369 g/mol. The number of ether oxygens (including phenoxy) is 1. The lowest BCUT2D eigenvalue weighted by Crippen LogP contribution is -2.01. The van der Waals surface area contributed by atoms with Crippen LogP contribution in [0.15, 0.2) is 78.0 Å². The van der Waals surface area contributed by atoms with E-state index in [0.29, 0.717) is 12.6 Å². The fourth-order valence-electron chi connectivity index (χ4n) is 2.94. The van der Waals surface area contributed by atoms with Crippen LogP contribution in [0.3, 0.4) is 0 Å². The van der Waals surface area contributed by atoms with Crippen molar-refractivity contribution in [1.82, 2.24) is 15.2 Å². The lowest BCUT2D eigenvalue weighted by atomic mass is 10.0. The van der Waals surface area contributed by atoms with Crippen molar-refractivity contribution >= 4 is 22.9 Å². The molecule has 0 bridgehead atoms. The first-order chi connectivity index (χ1) is 13.8. The molecule has 0 aliphatic carbocycles. The molecule has 0 saturated carbocycles. The van der Waals surface area contributed by atoms with Gasteiger partial charge in [0.05, 0.1) is 24.7 Å². The van der Waals surface area contributed by atoms with Crippen LogP contribution in [-0.2, 0) is 0 Å². The van der Waals surface area contributed by atoms with Gasteiger partial charge in [-0.05, 0) is 23.8 Å². The Hall–Kier alpha value is -3.80. The lowest BCUT2D eigenvalue weighted by molar-refractivity contribution is 0.340. The van der Waals surface area contributed by atoms with Crippen LogP contribution in [-0.4, -0.2) is 28.0 Å². The Kier molecular flexibility index (Phi) is 5.20. The molecule has 0 amide bonds. The summed E-state index contributed by atoms with van der Waals surface area (Å²) in [7, 11) is 0. The predicted molar refractivity (Wildman–Crippen MR) is 112 cm³/mol. The van der Waals surface area contributed by atoms with Crippen molar-refractivity contribution in [3.63, 3.8) is 0 Å². The Morgan fingerprint density at radius 1 is 1.00 bits per heavy atom. The lowest BCUT2D eigenvalue weighted by Gasteiger charge is -2.10. The van der Waals surface area contributed by atoms with E-state index in [-0.39, 0.29) is 0 Å². The van der Waals surface area contributed by atoms with E-state index in [1.807, 2.05) is 67.6 Å². The molecule has 138 valence electrons. The summed E-state index contributed by atoms with van der Waals surface area (Å²) in [6, 6.07) is 21.9. The quantitative estimate of drug-likeness (QED) is 0.399. The van der Waals surface area contributed by atoms with Gasteiger partial charge in [0.1, 0.15) is 5.75 Å².